The summed E-state index contributed by atoms with van der Waals surface area (Å²) in [4.78, 5) is 5.72. The third-order valence-corrected chi connectivity index (χ3v) is 4.16. The van der Waals surface area contributed by atoms with Gasteiger partial charge in [-0.05, 0) is 37.8 Å². The van der Waals surface area contributed by atoms with Crippen molar-refractivity contribution >= 4 is 5.69 Å². The molecular weight excluding hydrogens is 267 g/mol. The summed E-state index contributed by atoms with van der Waals surface area (Å²) >= 11 is 0. The number of hydrogen-bond acceptors (Lipinski definition) is 3. The number of pyridine rings is 1. The van der Waals surface area contributed by atoms with Crippen LogP contribution in [0, 0.1) is 5.92 Å². The van der Waals surface area contributed by atoms with Gasteiger partial charge in [0.05, 0.1) is 11.9 Å². The van der Waals surface area contributed by atoms with Crippen LogP contribution in [-0.4, -0.2) is 30.2 Å². The van der Waals surface area contributed by atoms with Crippen molar-refractivity contribution in [2.45, 2.75) is 38.0 Å². The van der Waals surface area contributed by atoms with Gasteiger partial charge in [0.25, 0.3) is 0 Å². The van der Waals surface area contributed by atoms with Crippen LogP contribution in [0.5, 0.6) is 0 Å². The molecule has 3 nitrogen and oxygen atoms in total. The van der Waals surface area contributed by atoms with Gasteiger partial charge < -0.3 is 10.2 Å². The molecule has 1 N–H and O–H groups in total. The maximum absolute atomic E-state index is 12.5. The lowest BCUT2D eigenvalue weighted by Gasteiger charge is -2.40. The Labute approximate surface area is 116 Å². The molecule has 3 rings (SSSR count). The highest BCUT2D eigenvalue weighted by Gasteiger charge is 2.37. The zero-order chi connectivity index (χ0) is 14.3. The van der Waals surface area contributed by atoms with Crippen molar-refractivity contribution in [2.24, 2.45) is 5.92 Å². The summed E-state index contributed by atoms with van der Waals surface area (Å²) in [6, 6.07) is 3.31. The number of hydrogen-bond donors (Lipinski definition) is 1. The molecule has 1 saturated carbocycles. The molecule has 1 aromatic heterocycles. The van der Waals surface area contributed by atoms with Crippen LogP contribution in [0.1, 0.15) is 25.5 Å². The minimum atomic E-state index is -4.37. The lowest BCUT2D eigenvalue weighted by atomic mass is 10.1. The van der Waals surface area contributed by atoms with E-state index in [1.54, 1.807) is 0 Å². The second-order valence-corrected chi connectivity index (χ2v) is 5.75. The van der Waals surface area contributed by atoms with Crippen molar-refractivity contribution in [3.8, 4) is 0 Å². The largest absolute Gasteiger partial charge is 0.433 e. The second-order valence-electron chi connectivity index (χ2n) is 5.75. The highest BCUT2D eigenvalue weighted by Crippen LogP contribution is 2.35. The van der Waals surface area contributed by atoms with Crippen molar-refractivity contribution in [2.75, 3.05) is 18.0 Å². The molecule has 0 radical (unpaired) electrons. The van der Waals surface area contributed by atoms with Crippen LogP contribution in [0.3, 0.4) is 0 Å². The monoisotopic (exact) mass is 285 g/mol. The lowest BCUT2D eigenvalue weighted by Crippen LogP contribution is -2.56. The molecule has 2 heterocycles. The normalized spacial score (nSPS) is 27.7. The van der Waals surface area contributed by atoms with Gasteiger partial charge in [-0.2, -0.15) is 13.2 Å². The zero-order valence-electron chi connectivity index (χ0n) is 11.3. The Morgan fingerprint density at radius 1 is 1.30 bits per heavy atom. The summed E-state index contributed by atoms with van der Waals surface area (Å²) < 4.78 is 37.6. The number of nitrogens with one attached hydrogen (secondary N) is 1. The van der Waals surface area contributed by atoms with E-state index in [-0.39, 0.29) is 6.04 Å². The van der Waals surface area contributed by atoms with Gasteiger partial charge in [0.2, 0.25) is 0 Å². The summed E-state index contributed by atoms with van der Waals surface area (Å²) in [5, 5.41) is 3.52. The van der Waals surface area contributed by atoms with E-state index in [4.69, 9.17) is 0 Å². The Hall–Kier alpha value is -1.30. The van der Waals surface area contributed by atoms with Gasteiger partial charge in [-0.15, -0.1) is 0 Å². The molecule has 0 amide bonds. The van der Waals surface area contributed by atoms with Gasteiger partial charge in [-0.25, -0.2) is 4.98 Å². The fraction of sp³-hybridized carbons (Fsp3) is 0.643. The lowest BCUT2D eigenvalue weighted by molar-refractivity contribution is -0.141. The predicted octanol–water partition coefficient (Wildman–Crippen LogP) is 2.68. The Morgan fingerprint density at radius 2 is 2.05 bits per heavy atom. The van der Waals surface area contributed by atoms with Crippen LogP contribution in [-0.2, 0) is 6.18 Å². The van der Waals surface area contributed by atoms with E-state index in [1.807, 2.05) is 0 Å². The number of halogens is 3. The van der Waals surface area contributed by atoms with Gasteiger partial charge in [0.15, 0.2) is 0 Å². The molecule has 1 aliphatic carbocycles. The summed E-state index contributed by atoms with van der Waals surface area (Å²) in [7, 11) is 0. The molecule has 0 spiro atoms. The van der Waals surface area contributed by atoms with Crippen molar-refractivity contribution in [1.29, 1.82) is 0 Å². The summed E-state index contributed by atoms with van der Waals surface area (Å²) in [6.45, 7) is 3.79. The van der Waals surface area contributed by atoms with Crippen LogP contribution >= 0.6 is 0 Å². The van der Waals surface area contributed by atoms with Crippen molar-refractivity contribution in [1.82, 2.24) is 10.3 Å². The average molecular weight is 285 g/mol. The molecule has 1 saturated heterocycles. The molecule has 1 aromatic rings. The van der Waals surface area contributed by atoms with E-state index in [1.165, 1.54) is 25.1 Å². The van der Waals surface area contributed by atoms with E-state index in [0.717, 1.165) is 30.8 Å². The SMILES string of the molecule is CC1CNC(C2CC2)CN1c1ccc(C(F)(F)F)nc1. The minimum Gasteiger partial charge on any atom is -0.365 e. The first kappa shape index (κ1) is 13.7. The van der Waals surface area contributed by atoms with E-state index in [2.05, 4.69) is 22.1 Å². The Balaban J connectivity index is 1.76. The Kier molecular flexibility index (Phi) is 3.36. The van der Waals surface area contributed by atoms with Crippen LogP contribution < -0.4 is 10.2 Å². The molecule has 2 atom stereocenters. The van der Waals surface area contributed by atoms with Crippen molar-refractivity contribution in [3.63, 3.8) is 0 Å². The molecule has 0 aromatic carbocycles. The van der Waals surface area contributed by atoms with Gasteiger partial charge >= 0.3 is 6.18 Å². The number of piperazine rings is 1. The average Bonchev–Trinajstić information content (AvgIpc) is 3.23. The molecular formula is C14H18F3N3. The number of anilines is 1. The van der Waals surface area contributed by atoms with E-state index in [9.17, 15) is 13.2 Å². The summed E-state index contributed by atoms with van der Waals surface area (Å²) in [5.41, 5.74) is -0.0552. The van der Waals surface area contributed by atoms with E-state index in [0.29, 0.717) is 6.04 Å². The Bertz CT molecular complexity index is 468. The molecule has 1 aliphatic heterocycles. The molecule has 2 fully saturated rings. The standard InChI is InChI=1S/C14H18F3N3/c1-9-6-18-12(10-2-3-10)8-20(9)11-4-5-13(19-7-11)14(15,16)17/h4-5,7,9-10,12,18H,2-3,6,8H2,1H3. The van der Waals surface area contributed by atoms with Gasteiger partial charge in [-0.3, -0.25) is 0 Å². The first-order valence-corrected chi connectivity index (χ1v) is 6.98. The van der Waals surface area contributed by atoms with E-state index < -0.39 is 11.9 Å². The number of alkyl halides is 3. The Morgan fingerprint density at radius 3 is 2.60 bits per heavy atom. The maximum atomic E-state index is 12.5. The van der Waals surface area contributed by atoms with Crippen LogP contribution in [0.4, 0.5) is 18.9 Å². The summed E-state index contributed by atoms with van der Waals surface area (Å²) in [6.07, 6.45) is -0.519. The van der Waals surface area contributed by atoms with E-state index >= 15 is 0 Å². The smallest absolute Gasteiger partial charge is 0.365 e. The molecule has 2 aliphatic rings. The number of rotatable bonds is 2. The molecule has 20 heavy (non-hydrogen) atoms. The van der Waals surface area contributed by atoms with Crippen LogP contribution in [0.25, 0.3) is 0 Å². The predicted molar refractivity (Wildman–Crippen MR) is 70.6 cm³/mol. The highest BCUT2D eigenvalue weighted by atomic mass is 19.4. The quantitative estimate of drug-likeness (QED) is 0.905. The number of nitrogens with zero attached hydrogens (tertiary/aromatic N) is 2. The fourth-order valence-corrected chi connectivity index (χ4v) is 2.79. The second kappa shape index (κ2) is 4.91. The number of aromatic nitrogens is 1. The first-order chi connectivity index (χ1) is 9.45. The van der Waals surface area contributed by atoms with Gasteiger partial charge in [0, 0.05) is 25.2 Å². The van der Waals surface area contributed by atoms with Crippen molar-refractivity contribution in [3.05, 3.63) is 24.0 Å². The zero-order valence-corrected chi connectivity index (χ0v) is 11.3. The third-order valence-electron chi connectivity index (χ3n) is 4.16. The summed E-state index contributed by atoms with van der Waals surface area (Å²) in [5.74, 6) is 0.729. The van der Waals surface area contributed by atoms with Crippen molar-refractivity contribution < 1.29 is 13.2 Å². The minimum absolute atomic E-state index is 0.267. The highest BCUT2D eigenvalue weighted by molar-refractivity contribution is 5.47. The van der Waals surface area contributed by atoms with Gasteiger partial charge in [0.1, 0.15) is 5.69 Å². The topological polar surface area (TPSA) is 28.2 Å². The molecule has 2 unspecified atom stereocenters. The van der Waals surface area contributed by atoms with Crippen LogP contribution in [0.15, 0.2) is 18.3 Å². The van der Waals surface area contributed by atoms with Crippen LogP contribution in [0.2, 0.25) is 0 Å². The fourth-order valence-electron chi connectivity index (χ4n) is 2.79. The molecule has 6 heteroatoms. The molecule has 110 valence electrons. The third kappa shape index (κ3) is 2.75. The first-order valence-electron chi connectivity index (χ1n) is 6.98. The van der Waals surface area contributed by atoms with Gasteiger partial charge in [-0.1, -0.05) is 0 Å². The maximum Gasteiger partial charge on any atom is 0.433 e. The molecule has 0 bridgehead atoms.